The van der Waals surface area contributed by atoms with E-state index in [1.807, 2.05) is 13.8 Å². The molecule has 21 heavy (non-hydrogen) atoms. The predicted molar refractivity (Wildman–Crippen MR) is 82.7 cm³/mol. The second-order valence-electron chi connectivity index (χ2n) is 4.29. The molecule has 110 valence electrons. The van der Waals surface area contributed by atoms with Gasteiger partial charge in [-0.2, -0.15) is 0 Å². The van der Waals surface area contributed by atoms with Crippen LogP contribution < -0.4 is 0 Å². The number of halogens is 2. The highest BCUT2D eigenvalue weighted by atomic mass is 35.5. The van der Waals surface area contributed by atoms with Gasteiger partial charge in [-0.25, -0.2) is 9.78 Å². The molecule has 2 rings (SSSR count). The third-order valence-electron chi connectivity index (χ3n) is 2.68. The fourth-order valence-corrected chi connectivity index (χ4v) is 3.02. The first kappa shape index (κ1) is 15.9. The molecule has 0 bridgehead atoms. The standard InChI is InChI=1S/C14H11Cl2NO3S/c1-7-5-9(8(2)21-7)11(18)6-20-14(19)13-10(15)3-4-12(16)17-13/h3-5H,6H2,1-2H3. The maximum atomic E-state index is 12.0. The molecule has 0 aromatic carbocycles. The Morgan fingerprint density at radius 2 is 2.00 bits per heavy atom. The van der Waals surface area contributed by atoms with Gasteiger partial charge in [0.15, 0.2) is 12.3 Å². The molecule has 0 aliphatic carbocycles. The number of rotatable bonds is 4. The van der Waals surface area contributed by atoms with Crippen LogP contribution in [-0.2, 0) is 4.74 Å². The van der Waals surface area contributed by atoms with E-state index in [1.54, 1.807) is 6.07 Å². The SMILES string of the molecule is Cc1cc(C(=O)COC(=O)c2nc(Cl)ccc2Cl)c(C)s1. The zero-order valence-corrected chi connectivity index (χ0v) is 13.6. The molecule has 2 aromatic rings. The summed E-state index contributed by atoms with van der Waals surface area (Å²) in [5.41, 5.74) is 0.464. The smallest absolute Gasteiger partial charge is 0.359 e. The third-order valence-corrected chi connectivity index (χ3v) is 4.16. The van der Waals surface area contributed by atoms with Gasteiger partial charge in [0.05, 0.1) is 5.02 Å². The summed E-state index contributed by atoms with van der Waals surface area (Å²) in [5.74, 6) is -1.04. The average Bonchev–Trinajstić information content (AvgIpc) is 2.77. The van der Waals surface area contributed by atoms with E-state index in [9.17, 15) is 9.59 Å². The number of aryl methyl sites for hydroxylation is 2. The van der Waals surface area contributed by atoms with Gasteiger partial charge in [0, 0.05) is 15.3 Å². The van der Waals surface area contributed by atoms with Crippen LogP contribution in [-0.4, -0.2) is 23.3 Å². The van der Waals surface area contributed by atoms with E-state index in [-0.39, 0.29) is 28.3 Å². The minimum absolute atomic E-state index is 0.102. The van der Waals surface area contributed by atoms with E-state index < -0.39 is 5.97 Å². The zero-order valence-electron chi connectivity index (χ0n) is 11.3. The first-order valence-corrected chi connectivity index (χ1v) is 7.55. The minimum atomic E-state index is -0.777. The van der Waals surface area contributed by atoms with Crippen LogP contribution in [0.15, 0.2) is 18.2 Å². The van der Waals surface area contributed by atoms with Crippen molar-refractivity contribution in [3.8, 4) is 0 Å². The topological polar surface area (TPSA) is 56.3 Å². The van der Waals surface area contributed by atoms with Crippen molar-refractivity contribution < 1.29 is 14.3 Å². The zero-order chi connectivity index (χ0) is 15.6. The van der Waals surface area contributed by atoms with Gasteiger partial charge in [-0.15, -0.1) is 11.3 Å². The number of thiophene rings is 1. The van der Waals surface area contributed by atoms with Crippen molar-refractivity contribution in [3.63, 3.8) is 0 Å². The van der Waals surface area contributed by atoms with E-state index in [1.165, 1.54) is 23.5 Å². The summed E-state index contributed by atoms with van der Waals surface area (Å²) < 4.78 is 4.95. The maximum absolute atomic E-state index is 12.0. The quantitative estimate of drug-likeness (QED) is 0.476. The van der Waals surface area contributed by atoms with Gasteiger partial charge >= 0.3 is 5.97 Å². The predicted octanol–water partition coefficient (Wildman–Crippen LogP) is 4.11. The number of nitrogens with zero attached hydrogens (tertiary/aromatic N) is 1. The molecule has 0 N–H and O–H groups in total. The molecule has 0 fully saturated rings. The van der Waals surface area contributed by atoms with Crippen molar-refractivity contribution in [2.75, 3.05) is 6.61 Å². The Bertz CT molecular complexity index is 712. The number of esters is 1. The van der Waals surface area contributed by atoms with Gasteiger partial charge in [0.25, 0.3) is 0 Å². The molecule has 4 nitrogen and oxygen atoms in total. The first-order chi connectivity index (χ1) is 9.88. The Kier molecular flexibility index (Phi) is 4.98. The van der Waals surface area contributed by atoms with E-state index in [2.05, 4.69) is 4.98 Å². The molecule has 0 saturated heterocycles. The largest absolute Gasteiger partial charge is 0.453 e. The molecule has 2 heterocycles. The van der Waals surface area contributed by atoms with Crippen molar-refractivity contribution in [3.05, 3.63) is 49.4 Å². The molecule has 0 saturated carbocycles. The lowest BCUT2D eigenvalue weighted by Gasteiger charge is -2.05. The van der Waals surface area contributed by atoms with Crippen molar-refractivity contribution in [1.29, 1.82) is 0 Å². The number of carbonyl (C=O) groups excluding carboxylic acids is 2. The first-order valence-electron chi connectivity index (χ1n) is 5.98. The van der Waals surface area contributed by atoms with Gasteiger partial charge in [0.2, 0.25) is 5.78 Å². The molecule has 0 unspecified atom stereocenters. The lowest BCUT2D eigenvalue weighted by molar-refractivity contribution is 0.0469. The fourth-order valence-electron chi connectivity index (χ4n) is 1.75. The van der Waals surface area contributed by atoms with Crippen LogP contribution >= 0.6 is 34.5 Å². The Hall–Kier alpha value is -1.43. The van der Waals surface area contributed by atoms with Crippen LogP contribution in [0.1, 0.15) is 30.6 Å². The molecule has 2 aromatic heterocycles. The molecule has 7 heteroatoms. The molecule has 0 atom stereocenters. The van der Waals surface area contributed by atoms with Gasteiger partial charge in [-0.05, 0) is 32.0 Å². The summed E-state index contributed by atoms with van der Waals surface area (Å²) in [4.78, 5) is 29.6. The third kappa shape index (κ3) is 3.81. The molecular formula is C14H11Cl2NO3S. The maximum Gasteiger partial charge on any atom is 0.359 e. The minimum Gasteiger partial charge on any atom is -0.453 e. The lowest BCUT2D eigenvalue weighted by atomic mass is 10.2. The van der Waals surface area contributed by atoms with Crippen LogP contribution in [0.2, 0.25) is 10.2 Å². The Labute approximate surface area is 135 Å². The Morgan fingerprint density at radius 3 is 2.62 bits per heavy atom. The second kappa shape index (κ2) is 6.56. The summed E-state index contributed by atoms with van der Waals surface area (Å²) in [6, 6.07) is 4.69. The van der Waals surface area contributed by atoms with Crippen LogP contribution in [0, 0.1) is 13.8 Å². The molecule has 0 aliphatic heterocycles. The summed E-state index contributed by atoms with van der Waals surface area (Å²) in [7, 11) is 0. The number of carbonyl (C=O) groups is 2. The summed E-state index contributed by atoms with van der Waals surface area (Å²) >= 11 is 13.1. The Balaban J connectivity index is 2.06. The van der Waals surface area contributed by atoms with Gasteiger partial charge in [-0.1, -0.05) is 23.2 Å². The monoisotopic (exact) mass is 343 g/mol. The average molecular weight is 344 g/mol. The van der Waals surface area contributed by atoms with Crippen molar-refractivity contribution >= 4 is 46.3 Å². The van der Waals surface area contributed by atoms with Crippen LogP contribution in [0.5, 0.6) is 0 Å². The van der Waals surface area contributed by atoms with Crippen molar-refractivity contribution in [2.45, 2.75) is 13.8 Å². The highest BCUT2D eigenvalue weighted by Gasteiger charge is 2.18. The molecule has 0 amide bonds. The van der Waals surface area contributed by atoms with E-state index >= 15 is 0 Å². The molecule has 0 aliphatic rings. The van der Waals surface area contributed by atoms with E-state index in [0.717, 1.165) is 9.75 Å². The van der Waals surface area contributed by atoms with Crippen molar-refractivity contribution in [2.24, 2.45) is 0 Å². The Morgan fingerprint density at radius 1 is 1.29 bits per heavy atom. The van der Waals surface area contributed by atoms with Gasteiger partial charge < -0.3 is 4.74 Å². The molecular weight excluding hydrogens is 333 g/mol. The number of ether oxygens (including phenoxy) is 1. The highest BCUT2D eigenvalue weighted by Crippen LogP contribution is 2.21. The summed E-state index contributed by atoms with van der Waals surface area (Å²) in [5, 5.41) is 0.251. The number of hydrogen-bond donors (Lipinski definition) is 0. The number of ketones is 1. The van der Waals surface area contributed by atoms with Gasteiger partial charge in [0.1, 0.15) is 5.15 Å². The number of pyridine rings is 1. The van der Waals surface area contributed by atoms with Gasteiger partial charge in [-0.3, -0.25) is 4.79 Å². The highest BCUT2D eigenvalue weighted by molar-refractivity contribution is 7.12. The summed E-state index contributed by atoms with van der Waals surface area (Å²) in [6.45, 7) is 3.40. The van der Waals surface area contributed by atoms with Crippen LogP contribution in [0.25, 0.3) is 0 Å². The second-order valence-corrected chi connectivity index (χ2v) is 6.55. The van der Waals surface area contributed by atoms with Crippen molar-refractivity contribution in [1.82, 2.24) is 4.98 Å². The fraction of sp³-hybridized carbons (Fsp3) is 0.214. The molecule has 0 spiro atoms. The number of hydrogen-bond acceptors (Lipinski definition) is 5. The van der Waals surface area contributed by atoms with E-state index in [0.29, 0.717) is 5.56 Å². The van der Waals surface area contributed by atoms with Crippen LogP contribution in [0.4, 0.5) is 0 Å². The molecule has 0 radical (unpaired) electrons. The number of aromatic nitrogens is 1. The normalized spacial score (nSPS) is 10.5. The number of Topliss-reactive ketones (excluding diaryl/α,β-unsaturated/α-hetero) is 1. The van der Waals surface area contributed by atoms with Crippen LogP contribution in [0.3, 0.4) is 0 Å². The summed E-state index contributed by atoms with van der Waals surface area (Å²) in [6.07, 6.45) is 0. The van der Waals surface area contributed by atoms with E-state index in [4.69, 9.17) is 27.9 Å². The lowest BCUT2D eigenvalue weighted by Crippen LogP contribution is -2.15.